The molecule has 1 saturated heterocycles. The van der Waals surface area contributed by atoms with Crippen molar-refractivity contribution < 1.29 is 9.53 Å². The van der Waals surface area contributed by atoms with Crippen LogP contribution in [-0.2, 0) is 9.53 Å². The fourth-order valence-corrected chi connectivity index (χ4v) is 2.82. The fraction of sp³-hybridized carbons (Fsp3) is 0.706. The van der Waals surface area contributed by atoms with E-state index >= 15 is 0 Å². The monoisotopic (exact) mass is 318 g/mol. The Hall–Kier alpha value is -1.69. The van der Waals surface area contributed by atoms with E-state index in [9.17, 15) is 4.79 Å². The Bertz CT molecular complexity index is 530. The van der Waals surface area contributed by atoms with Crippen molar-refractivity contribution in [1.82, 2.24) is 15.1 Å². The van der Waals surface area contributed by atoms with E-state index in [0.29, 0.717) is 12.5 Å². The van der Waals surface area contributed by atoms with Crippen LogP contribution in [0.5, 0.6) is 0 Å². The summed E-state index contributed by atoms with van der Waals surface area (Å²) in [7, 11) is 0. The summed E-state index contributed by atoms with van der Waals surface area (Å²) in [6.07, 6.45) is 3.10. The molecule has 0 N–H and O–H groups in total. The summed E-state index contributed by atoms with van der Waals surface area (Å²) in [5.41, 5.74) is 0.919. The molecule has 1 aliphatic carbocycles. The molecule has 1 atom stereocenters. The summed E-state index contributed by atoms with van der Waals surface area (Å²) < 4.78 is 5.72. The Morgan fingerprint density at radius 2 is 2.09 bits per heavy atom. The number of nitrogens with zero attached hydrogens (tertiary/aromatic N) is 4. The van der Waals surface area contributed by atoms with Crippen LogP contribution in [0.25, 0.3) is 0 Å². The summed E-state index contributed by atoms with van der Waals surface area (Å²) in [5.74, 6) is 1.69. The second-order valence-electron chi connectivity index (χ2n) is 6.62. The predicted molar refractivity (Wildman–Crippen MR) is 88.3 cm³/mol. The second kappa shape index (κ2) is 7.25. The lowest BCUT2D eigenvalue weighted by molar-refractivity contribution is -0.142. The van der Waals surface area contributed by atoms with Gasteiger partial charge in [-0.1, -0.05) is 0 Å². The molecule has 0 radical (unpaired) electrons. The SMILES string of the molecule is Cc1ccc(N2CCCN(C(=O)[C@@H](C)OCC3CC3)CC2)nn1. The Morgan fingerprint density at radius 1 is 1.26 bits per heavy atom. The van der Waals surface area contributed by atoms with E-state index in [4.69, 9.17) is 4.74 Å². The quantitative estimate of drug-likeness (QED) is 0.826. The van der Waals surface area contributed by atoms with Gasteiger partial charge in [0.15, 0.2) is 5.82 Å². The average Bonchev–Trinajstić information content (AvgIpc) is 3.39. The first-order valence-corrected chi connectivity index (χ1v) is 8.59. The van der Waals surface area contributed by atoms with Crippen LogP contribution in [0.1, 0.15) is 31.9 Å². The number of aromatic nitrogens is 2. The normalized spacial score (nSPS) is 20.3. The Labute approximate surface area is 137 Å². The van der Waals surface area contributed by atoms with Crippen molar-refractivity contribution in [3.63, 3.8) is 0 Å². The highest BCUT2D eigenvalue weighted by Gasteiger charge is 2.27. The number of aryl methyl sites for hydroxylation is 1. The molecular weight excluding hydrogens is 292 g/mol. The molecular formula is C17H26N4O2. The Balaban J connectivity index is 1.52. The van der Waals surface area contributed by atoms with Gasteiger partial charge in [0, 0.05) is 26.2 Å². The highest BCUT2D eigenvalue weighted by atomic mass is 16.5. The molecule has 0 spiro atoms. The zero-order valence-corrected chi connectivity index (χ0v) is 14.1. The summed E-state index contributed by atoms with van der Waals surface area (Å²) in [5, 5.41) is 8.37. The molecule has 2 heterocycles. The van der Waals surface area contributed by atoms with Crippen molar-refractivity contribution in [2.45, 2.75) is 39.2 Å². The molecule has 23 heavy (non-hydrogen) atoms. The molecule has 0 aromatic carbocycles. The predicted octanol–water partition coefficient (Wildman–Crippen LogP) is 1.64. The smallest absolute Gasteiger partial charge is 0.251 e. The molecule has 6 nitrogen and oxygen atoms in total. The van der Waals surface area contributed by atoms with E-state index in [1.165, 1.54) is 12.8 Å². The average molecular weight is 318 g/mol. The van der Waals surface area contributed by atoms with Gasteiger partial charge in [-0.3, -0.25) is 4.79 Å². The minimum atomic E-state index is -0.332. The number of amides is 1. The van der Waals surface area contributed by atoms with Crippen molar-refractivity contribution in [2.75, 3.05) is 37.7 Å². The van der Waals surface area contributed by atoms with E-state index < -0.39 is 0 Å². The maximum Gasteiger partial charge on any atom is 0.251 e. The number of carbonyl (C=O) groups is 1. The standard InChI is InChI=1S/C17H26N4O2/c1-13-4-7-16(19-18-13)20-8-3-9-21(11-10-20)17(22)14(2)23-12-15-5-6-15/h4,7,14-15H,3,5-6,8-12H2,1-2H3/t14-/m1/s1. The molecule has 1 aliphatic heterocycles. The van der Waals surface area contributed by atoms with Gasteiger partial charge in [0.25, 0.3) is 5.91 Å². The number of hydrogen-bond acceptors (Lipinski definition) is 5. The molecule has 0 bridgehead atoms. The molecule has 6 heteroatoms. The van der Waals surface area contributed by atoms with Crippen LogP contribution < -0.4 is 4.90 Å². The first-order chi connectivity index (χ1) is 11.1. The highest BCUT2D eigenvalue weighted by molar-refractivity contribution is 5.80. The number of anilines is 1. The van der Waals surface area contributed by atoms with E-state index in [1.807, 2.05) is 30.9 Å². The molecule has 0 unspecified atom stereocenters. The molecule has 1 aromatic heterocycles. The van der Waals surface area contributed by atoms with E-state index in [0.717, 1.165) is 44.2 Å². The highest BCUT2D eigenvalue weighted by Crippen LogP contribution is 2.29. The van der Waals surface area contributed by atoms with Crippen molar-refractivity contribution in [2.24, 2.45) is 5.92 Å². The van der Waals surface area contributed by atoms with Gasteiger partial charge < -0.3 is 14.5 Å². The summed E-state index contributed by atoms with van der Waals surface area (Å²) >= 11 is 0. The number of rotatable bonds is 5. The third-order valence-electron chi connectivity index (χ3n) is 4.54. The number of hydrogen-bond donors (Lipinski definition) is 0. The van der Waals surface area contributed by atoms with Crippen LogP contribution in [0, 0.1) is 12.8 Å². The zero-order valence-electron chi connectivity index (χ0n) is 14.1. The topological polar surface area (TPSA) is 58.6 Å². The minimum Gasteiger partial charge on any atom is -0.368 e. The Morgan fingerprint density at radius 3 is 2.78 bits per heavy atom. The van der Waals surface area contributed by atoms with Gasteiger partial charge in [-0.2, -0.15) is 5.10 Å². The molecule has 1 saturated carbocycles. The first kappa shape index (κ1) is 16.2. The second-order valence-corrected chi connectivity index (χ2v) is 6.62. The van der Waals surface area contributed by atoms with Crippen LogP contribution in [0.4, 0.5) is 5.82 Å². The van der Waals surface area contributed by atoms with Gasteiger partial charge in [-0.25, -0.2) is 0 Å². The summed E-state index contributed by atoms with van der Waals surface area (Å²) in [6, 6.07) is 3.98. The van der Waals surface area contributed by atoms with Gasteiger partial charge >= 0.3 is 0 Å². The minimum absolute atomic E-state index is 0.113. The first-order valence-electron chi connectivity index (χ1n) is 8.59. The van der Waals surface area contributed by atoms with E-state index in [1.54, 1.807) is 0 Å². The van der Waals surface area contributed by atoms with Crippen LogP contribution in [0.3, 0.4) is 0 Å². The maximum atomic E-state index is 12.5. The van der Waals surface area contributed by atoms with Crippen LogP contribution in [0.15, 0.2) is 12.1 Å². The van der Waals surface area contributed by atoms with Gasteiger partial charge in [-0.05, 0) is 51.2 Å². The lowest BCUT2D eigenvalue weighted by atomic mass is 10.3. The van der Waals surface area contributed by atoms with Gasteiger partial charge in [-0.15, -0.1) is 5.10 Å². The van der Waals surface area contributed by atoms with Crippen LogP contribution in [0.2, 0.25) is 0 Å². The van der Waals surface area contributed by atoms with Crippen molar-refractivity contribution in [3.8, 4) is 0 Å². The molecule has 1 amide bonds. The summed E-state index contributed by atoms with van der Waals surface area (Å²) in [6.45, 7) is 7.72. The van der Waals surface area contributed by atoms with Crippen molar-refractivity contribution in [3.05, 3.63) is 17.8 Å². The number of carbonyl (C=O) groups excluding carboxylic acids is 1. The molecule has 126 valence electrons. The zero-order chi connectivity index (χ0) is 16.2. The third-order valence-corrected chi connectivity index (χ3v) is 4.54. The van der Waals surface area contributed by atoms with Gasteiger partial charge in [0.1, 0.15) is 6.10 Å². The third kappa shape index (κ3) is 4.41. The van der Waals surface area contributed by atoms with E-state index in [-0.39, 0.29) is 12.0 Å². The molecule has 3 rings (SSSR count). The number of ether oxygens (including phenoxy) is 1. The van der Waals surface area contributed by atoms with E-state index in [2.05, 4.69) is 15.1 Å². The van der Waals surface area contributed by atoms with Crippen molar-refractivity contribution in [1.29, 1.82) is 0 Å². The van der Waals surface area contributed by atoms with Crippen LogP contribution in [-0.4, -0.2) is 59.9 Å². The lowest BCUT2D eigenvalue weighted by Crippen LogP contribution is -2.41. The van der Waals surface area contributed by atoms with Gasteiger partial charge in [0.2, 0.25) is 0 Å². The lowest BCUT2D eigenvalue weighted by Gasteiger charge is -2.25. The Kier molecular flexibility index (Phi) is 5.10. The fourth-order valence-electron chi connectivity index (χ4n) is 2.82. The molecule has 2 fully saturated rings. The molecule has 1 aromatic rings. The maximum absolute atomic E-state index is 12.5. The van der Waals surface area contributed by atoms with Gasteiger partial charge in [0.05, 0.1) is 12.3 Å². The van der Waals surface area contributed by atoms with Crippen LogP contribution >= 0.6 is 0 Å². The van der Waals surface area contributed by atoms with Crippen molar-refractivity contribution >= 4 is 11.7 Å². The molecule has 2 aliphatic rings. The largest absolute Gasteiger partial charge is 0.368 e. The summed E-state index contributed by atoms with van der Waals surface area (Å²) in [4.78, 5) is 16.7.